The van der Waals surface area contributed by atoms with Crippen molar-refractivity contribution in [1.82, 2.24) is 20.5 Å². The number of carbonyl (C=O) groups excluding carboxylic acids is 1. The van der Waals surface area contributed by atoms with Crippen molar-refractivity contribution in [1.29, 1.82) is 0 Å². The summed E-state index contributed by atoms with van der Waals surface area (Å²) >= 11 is 3.42. The predicted molar refractivity (Wildman–Crippen MR) is 75.9 cm³/mol. The van der Waals surface area contributed by atoms with Crippen molar-refractivity contribution in [3.05, 3.63) is 46.0 Å². The number of nitrogens with one attached hydrogen (secondary N) is 2. The van der Waals surface area contributed by atoms with Crippen LogP contribution in [0.5, 0.6) is 0 Å². The van der Waals surface area contributed by atoms with Gasteiger partial charge in [-0.25, -0.2) is 4.98 Å². The van der Waals surface area contributed by atoms with E-state index in [4.69, 9.17) is 0 Å². The highest BCUT2D eigenvalue weighted by Gasteiger charge is 2.09. The Morgan fingerprint density at radius 2 is 2.32 bits per heavy atom. The van der Waals surface area contributed by atoms with E-state index in [0.717, 1.165) is 28.7 Å². The van der Waals surface area contributed by atoms with E-state index >= 15 is 0 Å². The Morgan fingerprint density at radius 1 is 1.47 bits per heavy atom. The lowest BCUT2D eigenvalue weighted by molar-refractivity contribution is 0.0952. The summed E-state index contributed by atoms with van der Waals surface area (Å²) in [5.41, 5.74) is 1.66. The number of aromatic nitrogens is 3. The molecule has 2 aromatic rings. The summed E-state index contributed by atoms with van der Waals surface area (Å²) in [7, 11) is 0. The number of benzene rings is 1. The Bertz CT molecular complexity index is 554. The van der Waals surface area contributed by atoms with Gasteiger partial charge < -0.3 is 5.32 Å². The fourth-order valence-electron chi connectivity index (χ4n) is 1.76. The first-order valence-electron chi connectivity index (χ1n) is 6.06. The maximum atomic E-state index is 12.0. The zero-order chi connectivity index (χ0) is 13.7. The van der Waals surface area contributed by atoms with Crippen LogP contribution in [0.2, 0.25) is 0 Å². The van der Waals surface area contributed by atoms with E-state index in [0.29, 0.717) is 12.1 Å². The second-order valence-corrected chi connectivity index (χ2v) is 5.06. The van der Waals surface area contributed by atoms with Crippen LogP contribution in [0.1, 0.15) is 28.2 Å². The lowest BCUT2D eigenvalue weighted by Gasteiger charge is -2.08. The number of aryl methyl sites for hydroxylation is 1. The first-order valence-corrected chi connectivity index (χ1v) is 6.85. The maximum absolute atomic E-state index is 12.0. The third-order valence-corrected chi connectivity index (χ3v) is 3.71. The molecule has 0 bridgehead atoms. The summed E-state index contributed by atoms with van der Waals surface area (Å²) in [4.78, 5) is 16.0. The number of rotatable bonds is 5. The highest BCUT2D eigenvalue weighted by Crippen LogP contribution is 2.19. The molecule has 6 heteroatoms. The minimum absolute atomic E-state index is 0.0450. The maximum Gasteiger partial charge on any atom is 0.251 e. The molecule has 2 N–H and O–H groups in total. The smallest absolute Gasteiger partial charge is 0.251 e. The van der Waals surface area contributed by atoms with Crippen LogP contribution in [0.4, 0.5) is 0 Å². The number of hydrogen-bond acceptors (Lipinski definition) is 3. The van der Waals surface area contributed by atoms with E-state index < -0.39 is 0 Å². The van der Waals surface area contributed by atoms with Gasteiger partial charge in [0, 0.05) is 23.0 Å². The largest absolute Gasteiger partial charge is 0.352 e. The van der Waals surface area contributed by atoms with Gasteiger partial charge in [-0.15, -0.1) is 0 Å². The van der Waals surface area contributed by atoms with Gasteiger partial charge in [0.2, 0.25) is 0 Å². The van der Waals surface area contributed by atoms with Gasteiger partial charge in [0.05, 0.1) is 0 Å². The number of halogens is 1. The van der Waals surface area contributed by atoms with Crippen LogP contribution >= 0.6 is 15.9 Å². The molecule has 1 aromatic heterocycles. The van der Waals surface area contributed by atoms with Gasteiger partial charge in [0.1, 0.15) is 12.2 Å². The number of amides is 1. The quantitative estimate of drug-likeness (QED) is 0.829. The molecule has 0 aliphatic heterocycles. The van der Waals surface area contributed by atoms with E-state index in [1.54, 1.807) is 0 Å². The van der Waals surface area contributed by atoms with Gasteiger partial charge >= 0.3 is 0 Å². The average Bonchev–Trinajstić information content (AvgIpc) is 2.91. The lowest BCUT2D eigenvalue weighted by atomic mass is 10.1. The number of carbonyl (C=O) groups is 1. The van der Waals surface area contributed by atoms with Gasteiger partial charge in [0.15, 0.2) is 0 Å². The van der Waals surface area contributed by atoms with Gasteiger partial charge in [-0.05, 0) is 31.0 Å². The van der Waals surface area contributed by atoms with Gasteiger partial charge in [-0.3, -0.25) is 9.89 Å². The second kappa shape index (κ2) is 6.47. The molecule has 0 atom stereocenters. The molecule has 1 amide bonds. The monoisotopic (exact) mass is 322 g/mol. The van der Waals surface area contributed by atoms with Crippen LogP contribution in [-0.2, 0) is 6.42 Å². The molecule has 0 saturated heterocycles. The first kappa shape index (κ1) is 13.7. The van der Waals surface area contributed by atoms with Crippen LogP contribution in [-0.4, -0.2) is 27.6 Å². The van der Waals surface area contributed by atoms with Crippen LogP contribution < -0.4 is 5.32 Å². The van der Waals surface area contributed by atoms with Gasteiger partial charge in [-0.2, -0.15) is 5.10 Å². The third kappa shape index (κ3) is 3.64. The molecular formula is C13H15BrN4O. The van der Waals surface area contributed by atoms with Gasteiger partial charge in [0.25, 0.3) is 5.91 Å². The molecule has 0 spiro atoms. The van der Waals surface area contributed by atoms with Crippen molar-refractivity contribution in [2.75, 3.05) is 6.54 Å². The normalized spacial score (nSPS) is 10.4. The van der Waals surface area contributed by atoms with E-state index in [1.165, 1.54) is 6.33 Å². The fraction of sp³-hybridized carbons (Fsp3) is 0.308. The van der Waals surface area contributed by atoms with Crippen LogP contribution in [0, 0.1) is 6.92 Å². The molecule has 0 saturated carbocycles. The highest BCUT2D eigenvalue weighted by atomic mass is 79.9. The Morgan fingerprint density at radius 3 is 3.05 bits per heavy atom. The van der Waals surface area contributed by atoms with Crippen molar-refractivity contribution < 1.29 is 4.79 Å². The molecule has 0 aliphatic carbocycles. The van der Waals surface area contributed by atoms with E-state index in [9.17, 15) is 4.79 Å². The fourth-order valence-corrected chi connectivity index (χ4v) is 2.12. The molecule has 100 valence electrons. The average molecular weight is 323 g/mol. The molecule has 1 heterocycles. The Kier molecular flexibility index (Phi) is 4.68. The molecule has 0 fully saturated rings. The summed E-state index contributed by atoms with van der Waals surface area (Å²) in [6.45, 7) is 2.54. The molecule has 2 rings (SSSR count). The molecule has 0 unspecified atom stereocenters. The van der Waals surface area contributed by atoms with Crippen molar-refractivity contribution in [2.45, 2.75) is 19.8 Å². The minimum Gasteiger partial charge on any atom is -0.352 e. The SMILES string of the molecule is Cc1c(Br)cccc1C(=O)NCCCc1ncn[nH]1. The van der Waals surface area contributed by atoms with E-state index in [2.05, 4.69) is 36.4 Å². The lowest BCUT2D eigenvalue weighted by Crippen LogP contribution is -2.25. The molecular weight excluding hydrogens is 308 g/mol. The number of H-pyrrole nitrogens is 1. The number of nitrogens with zero attached hydrogens (tertiary/aromatic N) is 2. The minimum atomic E-state index is -0.0450. The molecule has 5 nitrogen and oxygen atoms in total. The highest BCUT2D eigenvalue weighted by molar-refractivity contribution is 9.10. The topological polar surface area (TPSA) is 70.7 Å². The van der Waals surface area contributed by atoms with Crippen molar-refractivity contribution in [2.24, 2.45) is 0 Å². The summed E-state index contributed by atoms with van der Waals surface area (Å²) in [5, 5.41) is 9.48. The van der Waals surface area contributed by atoms with E-state index in [1.807, 2.05) is 25.1 Å². The first-order chi connectivity index (χ1) is 9.18. The Labute approximate surface area is 120 Å². The molecule has 0 radical (unpaired) electrons. The van der Waals surface area contributed by atoms with Crippen LogP contribution in [0.15, 0.2) is 29.0 Å². The van der Waals surface area contributed by atoms with Gasteiger partial charge in [-0.1, -0.05) is 22.0 Å². The summed E-state index contributed by atoms with van der Waals surface area (Å²) in [5.74, 6) is 0.796. The predicted octanol–water partition coefficient (Wildman–Crippen LogP) is 2.24. The number of aromatic amines is 1. The molecule has 0 aliphatic rings. The molecule has 1 aromatic carbocycles. The number of hydrogen-bond donors (Lipinski definition) is 2. The molecule has 19 heavy (non-hydrogen) atoms. The summed E-state index contributed by atoms with van der Waals surface area (Å²) in [6.07, 6.45) is 3.09. The van der Waals surface area contributed by atoms with Crippen molar-refractivity contribution in [3.8, 4) is 0 Å². The van der Waals surface area contributed by atoms with Crippen molar-refractivity contribution >= 4 is 21.8 Å². The zero-order valence-electron chi connectivity index (χ0n) is 10.6. The van der Waals surface area contributed by atoms with Crippen LogP contribution in [0.3, 0.4) is 0 Å². The third-order valence-electron chi connectivity index (χ3n) is 2.85. The Balaban J connectivity index is 1.83. The zero-order valence-corrected chi connectivity index (χ0v) is 12.2. The Hall–Kier alpha value is -1.69. The van der Waals surface area contributed by atoms with E-state index in [-0.39, 0.29) is 5.91 Å². The van der Waals surface area contributed by atoms with Crippen molar-refractivity contribution in [3.63, 3.8) is 0 Å². The summed E-state index contributed by atoms with van der Waals surface area (Å²) in [6, 6.07) is 5.61. The standard InChI is InChI=1S/C13H15BrN4O/c1-9-10(4-2-5-11(9)14)13(19)15-7-3-6-12-16-8-17-18-12/h2,4-5,8H,3,6-7H2,1H3,(H,15,19)(H,16,17,18). The second-order valence-electron chi connectivity index (χ2n) is 4.20. The summed E-state index contributed by atoms with van der Waals surface area (Å²) < 4.78 is 0.946. The van der Waals surface area contributed by atoms with Crippen LogP contribution in [0.25, 0.3) is 0 Å².